The molecule has 1 heterocycles. The quantitative estimate of drug-likeness (QED) is 0.236. The van der Waals surface area contributed by atoms with Crippen LogP contribution in [0.15, 0.2) is 35.2 Å². The summed E-state index contributed by atoms with van der Waals surface area (Å²) in [5.41, 5.74) is 2.72. The molecule has 0 N–H and O–H groups in total. The van der Waals surface area contributed by atoms with Crippen molar-refractivity contribution in [3.8, 4) is 17.2 Å². The SMILES string of the molecule is COC(=O)COc1c(I)cc(/C=C2\SC(=O)N(CCOc3cc(C)ccc3C)C2=O)cc1OC. The summed E-state index contributed by atoms with van der Waals surface area (Å²) in [5, 5.41) is -0.347. The van der Waals surface area contributed by atoms with Crippen LogP contribution in [0.2, 0.25) is 0 Å². The third-order valence-electron chi connectivity index (χ3n) is 4.90. The number of hydrogen-bond acceptors (Lipinski definition) is 8. The number of halogens is 1. The molecule has 0 aliphatic carbocycles. The second kappa shape index (κ2) is 11.6. The van der Waals surface area contributed by atoms with Crippen LogP contribution in [0.1, 0.15) is 16.7 Å². The number of ether oxygens (including phenoxy) is 4. The van der Waals surface area contributed by atoms with Crippen LogP contribution in [0.25, 0.3) is 6.08 Å². The minimum Gasteiger partial charge on any atom is -0.493 e. The average Bonchev–Trinajstić information content (AvgIpc) is 3.07. The number of carbonyl (C=O) groups excluding carboxylic acids is 3. The second-order valence-corrected chi connectivity index (χ2v) is 9.51. The Morgan fingerprint density at radius 1 is 1.09 bits per heavy atom. The van der Waals surface area contributed by atoms with E-state index in [1.807, 2.05) is 32.0 Å². The maximum absolute atomic E-state index is 12.9. The van der Waals surface area contributed by atoms with Gasteiger partial charge < -0.3 is 18.9 Å². The van der Waals surface area contributed by atoms with Crippen LogP contribution in [0.4, 0.5) is 4.79 Å². The fourth-order valence-corrected chi connectivity index (χ4v) is 4.75. The van der Waals surface area contributed by atoms with Gasteiger partial charge in [-0.1, -0.05) is 12.1 Å². The number of imide groups is 1. The molecule has 0 spiro atoms. The molecule has 0 saturated carbocycles. The normalized spacial score (nSPS) is 14.5. The molecule has 0 unspecified atom stereocenters. The van der Waals surface area contributed by atoms with Crippen LogP contribution in [-0.4, -0.2) is 56.0 Å². The molecule has 1 aliphatic heterocycles. The molecule has 0 radical (unpaired) electrons. The van der Waals surface area contributed by atoms with Crippen molar-refractivity contribution in [3.63, 3.8) is 0 Å². The van der Waals surface area contributed by atoms with Gasteiger partial charge in [-0.05, 0) is 89.2 Å². The first kappa shape index (κ1) is 25.9. The topological polar surface area (TPSA) is 91.4 Å². The lowest BCUT2D eigenvalue weighted by Crippen LogP contribution is -2.32. The van der Waals surface area contributed by atoms with Crippen molar-refractivity contribution in [1.29, 1.82) is 0 Å². The molecule has 0 bridgehead atoms. The van der Waals surface area contributed by atoms with E-state index in [2.05, 4.69) is 27.3 Å². The summed E-state index contributed by atoms with van der Waals surface area (Å²) in [7, 11) is 2.75. The van der Waals surface area contributed by atoms with Gasteiger partial charge >= 0.3 is 5.97 Å². The Bertz CT molecular complexity index is 1150. The van der Waals surface area contributed by atoms with Gasteiger partial charge in [0.1, 0.15) is 12.4 Å². The third kappa shape index (κ3) is 6.23. The number of hydrogen-bond donors (Lipinski definition) is 0. The maximum Gasteiger partial charge on any atom is 0.343 e. The van der Waals surface area contributed by atoms with E-state index >= 15 is 0 Å². The predicted molar refractivity (Wildman–Crippen MR) is 137 cm³/mol. The zero-order valence-corrected chi connectivity index (χ0v) is 22.2. The molecule has 2 aromatic rings. The van der Waals surface area contributed by atoms with E-state index in [-0.39, 0.29) is 30.9 Å². The number of aryl methyl sites for hydroxylation is 2. The van der Waals surface area contributed by atoms with Crippen LogP contribution in [0, 0.1) is 17.4 Å². The van der Waals surface area contributed by atoms with E-state index in [1.165, 1.54) is 19.1 Å². The van der Waals surface area contributed by atoms with Gasteiger partial charge in [-0.15, -0.1) is 0 Å². The lowest BCUT2D eigenvalue weighted by molar-refractivity contribution is -0.143. The molecular weight excluding hydrogens is 573 g/mol. The monoisotopic (exact) mass is 597 g/mol. The van der Waals surface area contributed by atoms with Gasteiger partial charge in [-0.3, -0.25) is 14.5 Å². The molecule has 1 saturated heterocycles. The molecule has 34 heavy (non-hydrogen) atoms. The Labute approximate surface area is 215 Å². The highest BCUT2D eigenvalue weighted by Gasteiger charge is 2.35. The number of nitrogens with zero attached hydrogens (tertiary/aromatic N) is 1. The van der Waals surface area contributed by atoms with Crippen molar-refractivity contribution in [1.82, 2.24) is 4.90 Å². The van der Waals surface area contributed by atoms with Crippen molar-refractivity contribution in [3.05, 3.63) is 55.5 Å². The molecule has 1 aliphatic rings. The van der Waals surface area contributed by atoms with Crippen molar-refractivity contribution >= 4 is 57.5 Å². The molecule has 0 aromatic heterocycles. The first-order valence-electron chi connectivity index (χ1n) is 10.3. The van der Waals surface area contributed by atoms with Gasteiger partial charge in [-0.2, -0.15) is 0 Å². The Hall–Kier alpha value is -2.73. The third-order valence-corrected chi connectivity index (χ3v) is 6.61. The second-order valence-electron chi connectivity index (χ2n) is 7.35. The molecular formula is C24H24INO7S. The van der Waals surface area contributed by atoms with E-state index in [0.717, 1.165) is 28.6 Å². The van der Waals surface area contributed by atoms with Crippen molar-refractivity contribution in [2.24, 2.45) is 0 Å². The Morgan fingerprint density at radius 2 is 1.85 bits per heavy atom. The Kier molecular flexibility index (Phi) is 8.84. The van der Waals surface area contributed by atoms with Crippen LogP contribution in [0.5, 0.6) is 17.2 Å². The summed E-state index contributed by atoms with van der Waals surface area (Å²) in [5.74, 6) is 0.626. The zero-order valence-electron chi connectivity index (χ0n) is 19.2. The molecule has 0 atom stereocenters. The van der Waals surface area contributed by atoms with E-state index in [4.69, 9.17) is 14.2 Å². The Balaban J connectivity index is 1.70. The lowest BCUT2D eigenvalue weighted by atomic mass is 10.1. The highest BCUT2D eigenvalue weighted by molar-refractivity contribution is 14.1. The van der Waals surface area contributed by atoms with Gasteiger partial charge in [0, 0.05) is 0 Å². The largest absolute Gasteiger partial charge is 0.493 e. The van der Waals surface area contributed by atoms with Crippen LogP contribution >= 0.6 is 34.4 Å². The number of methoxy groups -OCH3 is 2. The number of amides is 2. The first-order valence-corrected chi connectivity index (χ1v) is 12.2. The number of esters is 1. The molecule has 2 aromatic carbocycles. The summed E-state index contributed by atoms with van der Waals surface area (Å²) in [6, 6.07) is 9.34. The number of thioether (sulfide) groups is 1. The van der Waals surface area contributed by atoms with Crippen LogP contribution < -0.4 is 14.2 Å². The average molecular weight is 597 g/mol. The predicted octanol–water partition coefficient (Wildman–Crippen LogP) is 4.58. The van der Waals surface area contributed by atoms with Gasteiger partial charge in [0.2, 0.25) is 0 Å². The Morgan fingerprint density at radius 3 is 2.56 bits per heavy atom. The number of carbonyl (C=O) groups is 3. The van der Waals surface area contributed by atoms with Crippen molar-refractivity contribution in [2.75, 3.05) is 34.0 Å². The standard InChI is InChI=1S/C24H24INO7S/c1-14-5-6-15(2)18(9-14)32-8-7-26-23(28)20(34-24(26)29)12-16-10-17(25)22(19(11-16)30-3)33-13-21(27)31-4/h5-6,9-12H,7-8,13H2,1-4H3/b20-12-. The smallest absolute Gasteiger partial charge is 0.343 e. The molecule has 2 amide bonds. The summed E-state index contributed by atoms with van der Waals surface area (Å²) in [6.07, 6.45) is 1.63. The highest BCUT2D eigenvalue weighted by atomic mass is 127. The molecule has 1 fully saturated rings. The van der Waals surface area contributed by atoms with Crippen LogP contribution in [0.3, 0.4) is 0 Å². The minimum atomic E-state index is -0.517. The minimum absolute atomic E-state index is 0.149. The summed E-state index contributed by atoms with van der Waals surface area (Å²) in [4.78, 5) is 38.2. The number of benzene rings is 2. The molecule has 8 nitrogen and oxygen atoms in total. The first-order chi connectivity index (χ1) is 16.2. The fraction of sp³-hybridized carbons (Fsp3) is 0.292. The molecule has 10 heteroatoms. The van der Waals surface area contributed by atoms with Crippen molar-refractivity contribution in [2.45, 2.75) is 13.8 Å². The highest BCUT2D eigenvalue weighted by Crippen LogP contribution is 2.37. The maximum atomic E-state index is 12.9. The van der Waals surface area contributed by atoms with E-state index in [0.29, 0.717) is 25.5 Å². The van der Waals surface area contributed by atoms with Crippen LogP contribution in [-0.2, 0) is 14.3 Å². The van der Waals surface area contributed by atoms with Gasteiger partial charge in [0.25, 0.3) is 11.1 Å². The van der Waals surface area contributed by atoms with Crippen molar-refractivity contribution < 1.29 is 33.3 Å². The van der Waals surface area contributed by atoms with Gasteiger partial charge in [0.15, 0.2) is 18.1 Å². The van der Waals surface area contributed by atoms with E-state index in [9.17, 15) is 14.4 Å². The summed E-state index contributed by atoms with van der Waals surface area (Å²) >= 11 is 2.93. The van der Waals surface area contributed by atoms with Gasteiger partial charge in [-0.25, -0.2) is 4.79 Å². The van der Waals surface area contributed by atoms with Gasteiger partial charge in [0.05, 0.1) is 29.2 Å². The van der Waals surface area contributed by atoms with E-state index in [1.54, 1.807) is 18.2 Å². The van der Waals surface area contributed by atoms with E-state index < -0.39 is 5.97 Å². The lowest BCUT2D eigenvalue weighted by Gasteiger charge is -2.15. The number of rotatable bonds is 9. The zero-order chi connectivity index (χ0) is 24.8. The summed E-state index contributed by atoms with van der Waals surface area (Å²) in [6.45, 7) is 4.01. The molecule has 3 rings (SSSR count). The molecule has 180 valence electrons. The summed E-state index contributed by atoms with van der Waals surface area (Å²) < 4.78 is 22.0. The fourth-order valence-electron chi connectivity index (χ4n) is 3.11.